The minimum atomic E-state index is -2.04. The van der Waals surface area contributed by atoms with Gasteiger partial charge in [-0.05, 0) is 13.8 Å². The van der Waals surface area contributed by atoms with E-state index in [0.717, 1.165) is 0 Å². The van der Waals surface area contributed by atoms with Crippen LogP contribution in [0.15, 0.2) is 0 Å². The van der Waals surface area contributed by atoms with Gasteiger partial charge in [-0.15, -0.1) is 0 Å². The molecule has 182 valence electrons. The van der Waals surface area contributed by atoms with E-state index < -0.39 is 86.2 Å². The van der Waals surface area contributed by atoms with Crippen LogP contribution in [0.4, 0.5) is 0 Å². The molecule has 0 spiro atoms. The molecule has 0 amide bonds. The topological polar surface area (TPSA) is 194 Å². The molecule has 0 unspecified atom stereocenters. The number of aliphatic hydroxyl groups is 5. The van der Waals surface area contributed by atoms with E-state index in [0.29, 0.717) is 0 Å². The molecule has 13 heteroatoms. The van der Waals surface area contributed by atoms with Crippen LogP contribution < -0.4 is 0 Å². The van der Waals surface area contributed by atoms with Gasteiger partial charge in [-0.25, -0.2) is 4.79 Å². The third-order valence-corrected chi connectivity index (χ3v) is 5.47. The highest BCUT2D eigenvalue weighted by Gasteiger charge is 2.51. The van der Waals surface area contributed by atoms with Gasteiger partial charge in [-0.3, -0.25) is 0 Å². The van der Waals surface area contributed by atoms with E-state index in [4.69, 9.17) is 33.5 Å². The third-order valence-electron chi connectivity index (χ3n) is 5.47. The summed E-state index contributed by atoms with van der Waals surface area (Å²) in [4.78, 5) is 11.0. The summed E-state index contributed by atoms with van der Waals surface area (Å²) in [5.41, 5.74) is 0. The van der Waals surface area contributed by atoms with Gasteiger partial charge in [0, 0.05) is 14.2 Å². The third kappa shape index (κ3) is 5.69. The van der Waals surface area contributed by atoms with Crippen molar-refractivity contribution < 1.29 is 63.9 Å². The largest absolute Gasteiger partial charge is 0.479 e. The number of aliphatic carboxylic acids is 1. The molecule has 0 aliphatic carbocycles. The molecule has 12 atom stereocenters. The van der Waals surface area contributed by atoms with Crippen molar-refractivity contribution in [2.24, 2.45) is 0 Å². The van der Waals surface area contributed by atoms with Crippen LogP contribution in [-0.4, -0.2) is 131 Å². The molecule has 0 bridgehead atoms. The Bertz CT molecular complexity index is 577. The van der Waals surface area contributed by atoms with E-state index in [9.17, 15) is 30.3 Å². The molecule has 0 aromatic carbocycles. The molecule has 0 aromatic rings. The second kappa shape index (κ2) is 11.2. The molecule has 2 rings (SSSR count). The number of carbonyl (C=O) groups is 1. The first-order chi connectivity index (χ1) is 14.6. The summed E-state index contributed by atoms with van der Waals surface area (Å²) in [5.74, 6) is -1.61. The molecule has 0 radical (unpaired) electrons. The van der Waals surface area contributed by atoms with Gasteiger partial charge in [0.15, 0.2) is 18.7 Å². The SMILES string of the molecule is CO[C@H]1[C@@H](O)[C@H](O[C@@H]2[C@H](O)[C@H](C)O[C@@H](O[C@@H](CO)[C@H](O)C(=O)O)[C@H]2OC)O[C@@H](C)[C@H]1O. The van der Waals surface area contributed by atoms with E-state index in [2.05, 4.69) is 0 Å². The van der Waals surface area contributed by atoms with Gasteiger partial charge in [0.2, 0.25) is 0 Å². The molecular weight excluding hydrogens is 424 g/mol. The lowest BCUT2D eigenvalue weighted by Crippen LogP contribution is -2.64. The maximum absolute atomic E-state index is 11.0. The molecule has 2 heterocycles. The highest BCUT2D eigenvalue weighted by molar-refractivity contribution is 5.72. The highest BCUT2D eigenvalue weighted by Crippen LogP contribution is 2.31. The number of rotatable bonds is 9. The first kappa shape index (κ1) is 26.3. The molecule has 2 aliphatic rings. The zero-order valence-corrected chi connectivity index (χ0v) is 17.7. The maximum atomic E-state index is 11.0. The number of hydrogen-bond donors (Lipinski definition) is 6. The predicted octanol–water partition coefficient (Wildman–Crippen LogP) is -3.20. The summed E-state index contributed by atoms with van der Waals surface area (Å²) in [5, 5.41) is 59.3. The Morgan fingerprint density at radius 3 is 1.90 bits per heavy atom. The second-order valence-corrected chi connectivity index (χ2v) is 7.53. The molecule has 13 nitrogen and oxygen atoms in total. The maximum Gasteiger partial charge on any atom is 0.335 e. The van der Waals surface area contributed by atoms with Crippen LogP contribution in [0, 0.1) is 0 Å². The van der Waals surface area contributed by atoms with Crippen LogP contribution in [0.1, 0.15) is 13.8 Å². The van der Waals surface area contributed by atoms with E-state index in [1.165, 1.54) is 21.1 Å². The Morgan fingerprint density at radius 1 is 0.903 bits per heavy atom. The van der Waals surface area contributed by atoms with Crippen molar-refractivity contribution in [1.29, 1.82) is 0 Å². The van der Waals surface area contributed by atoms with Crippen molar-refractivity contribution in [2.75, 3.05) is 20.8 Å². The van der Waals surface area contributed by atoms with Crippen LogP contribution in [0.5, 0.6) is 0 Å². The molecule has 2 saturated heterocycles. The standard InChI is InChI=1S/C18H32O13/c1-6-9(20)13(26-3)12(23)17(28-6)31-14-10(21)7(2)29-18(15(14)27-4)30-8(5-19)11(22)16(24)25/h6-15,17-23H,5H2,1-4H3,(H,24,25)/t6-,7-,8-,9+,10+,11-,12+,13+,14+,15-,17-,18-/m0/s1. The van der Waals surface area contributed by atoms with Crippen LogP contribution in [-0.2, 0) is 33.2 Å². The van der Waals surface area contributed by atoms with Crippen LogP contribution in [0.3, 0.4) is 0 Å². The summed E-state index contributed by atoms with van der Waals surface area (Å²) in [6.07, 6.45) is -15.1. The second-order valence-electron chi connectivity index (χ2n) is 7.53. The molecule has 2 fully saturated rings. The summed E-state index contributed by atoms with van der Waals surface area (Å²) in [7, 11) is 2.57. The van der Waals surface area contributed by atoms with Gasteiger partial charge in [-0.1, -0.05) is 0 Å². The lowest BCUT2D eigenvalue weighted by atomic mass is 9.97. The summed E-state index contributed by atoms with van der Waals surface area (Å²) < 4.78 is 32.7. The Hall–Kier alpha value is -0.970. The Labute approximate surface area is 179 Å². The predicted molar refractivity (Wildman–Crippen MR) is 98.8 cm³/mol. The zero-order valence-electron chi connectivity index (χ0n) is 17.7. The van der Waals surface area contributed by atoms with Gasteiger partial charge in [0.05, 0.1) is 18.8 Å². The quantitative estimate of drug-likeness (QED) is 0.203. The molecule has 0 saturated carbocycles. The Morgan fingerprint density at radius 2 is 1.42 bits per heavy atom. The molecule has 0 aromatic heterocycles. The smallest absolute Gasteiger partial charge is 0.335 e. The van der Waals surface area contributed by atoms with Crippen LogP contribution in [0.25, 0.3) is 0 Å². The fourth-order valence-electron chi connectivity index (χ4n) is 3.59. The first-order valence-corrected chi connectivity index (χ1v) is 9.80. The van der Waals surface area contributed by atoms with Gasteiger partial charge >= 0.3 is 5.97 Å². The van der Waals surface area contributed by atoms with Gasteiger partial charge in [-0.2, -0.15) is 0 Å². The fraction of sp³-hybridized carbons (Fsp3) is 0.944. The summed E-state index contributed by atoms with van der Waals surface area (Å²) in [6.45, 7) is 2.22. The number of ether oxygens (including phenoxy) is 6. The minimum Gasteiger partial charge on any atom is -0.479 e. The van der Waals surface area contributed by atoms with Crippen molar-refractivity contribution in [3.8, 4) is 0 Å². The Balaban J connectivity index is 2.21. The molecule has 31 heavy (non-hydrogen) atoms. The average Bonchev–Trinajstić information content (AvgIpc) is 2.73. The lowest BCUT2D eigenvalue weighted by molar-refractivity contribution is -0.363. The minimum absolute atomic E-state index is 0.759. The average molecular weight is 456 g/mol. The van der Waals surface area contributed by atoms with E-state index in [1.807, 2.05) is 0 Å². The van der Waals surface area contributed by atoms with Gasteiger partial charge in [0.1, 0.15) is 42.7 Å². The van der Waals surface area contributed by atoms with Crippen molar-refractivity contribution >= 4 is 5.97 Å². The fourth-order valence-corrected chi connectivity index (χ4v) is 3.59. The zero-order chi connectivity index (χ0) is 23.5. The van der Waals surface area contributed by atoms with E-state index in [1.54, 1.807) is 6.92 Å². The molecular formula is C18H32O13. The van der Waals surface area contributed by atoms with E-state index >= 15 is 0 Å². The summed E-state index contributed by atoms with van der Waals surface area (Å²) in [6, 6.07) is 0. The Kier molecular flexibility index (Phi) is 9.54. The van der Waals surface area contributed by atoms with Crippen molar-refractivity contribution in [3.63, 3.8) is 0 Å². The van der Waals surface area contributed by atoms with Crippen LogP contribution >= 0.6 is 0 Å². The monoisotopic (exact) mass is 456 g/mol. The molecule has 6 N–H and O–H groups in total. The van der Waals surface area contributed by atoms with Crippen molar-refractivity contribution in [2.45, 2.75) is 87.5 Å². The van der Waals surface area contributed by atoms with Crippen molar-refractivity contribution in [3.05, 3.63) is 0 Å². The summed E-state index contributed by atoms with van der Waals surface area (Å²) >= 11 is 0. The number of hydrogen-bond acceptors (Lipinski definition) is 12. The normalized spacial score (nSPS) is 43.4. The molecule has 2 aliphatic heterocycles. The number of carboxylic acid groups (broad SMARTS) is 1. The highest BCUT2D eigenvalue weighted by atomic mass is 16.7. The lowest BCUT2D eigenvalue weighted by Gasteiger charge is -2.47. The van der Waals surface area contributed by atoms with Crippen molar-refractivity contribution in [1.82, 2.24) is 0 Å². The number of aliphatic hydroxyl groups excluding tert-OH is 5. The number of methoxy groups -OCH3 is 2. The van der Waals surface area contributed by atoms with Crippen LogP contribution in [0.2, 0.25) is 0 Å². The number of carboxylic acids is 1. The van der Waals surface area contributed by atoms with E-state index in [-0.39, 0.29) is 0 Å². The first-order valence-electron chi connectivity index (χ1n) is 9.80. The van der Waals surface area contributed by atoms with Gasteiger partial charge < -0.3 is 59.1 Å². The van der Waals surface area contributed by atoms with Gasteiger partial charge in [0.25, 0.3) is 0 Å².